The third kappa shape index (κ3) is 2.57. The Morgan fingerprint density at radius 1 is 1.30 bits per heavy atom. The highest BCUT2D eigenvalue weighted by Gasteiger charge is 2.40. The second-order valence-corrected chi connectivity index (χ2v) is 5.30. The molecule has 1 N–H and O–H groups in total. The zero-order chi connectivity index (χ0) is 14.1. The number of hydrogen-bond acceptors (Lipinski definition) is 3. The first kappa shape index (κ1) is 12.8. The first-order chi connectivity index (χ1) is 9.65. The molecule has 1 heterocycles. The van der Waals surface area contributed by atoms with E-state index >= 15 is 0 Å². The summed E-state index contributed by atoms with van der Waals surface area (Å²) < 4.78 is 0. The molecule has 2 atom stereocenters. The van der Waals surface area contributed by atoms with E-state index in [0.29, 0.717) is 24.5 Å². The molecule has 1 aromatic rings. The van der Waals surface area contributed by atoms with Crippen molar-refractivity contribution in [3.8, 4) is 0 Å². The maximum Gasteiger partial charge on any atom is 0.267 e. The van der Waals surface area contributed by atoms with Gasteiger partial charge in [-0.2, -0.15) is 5.10 Å². The Morgan fingerprint density at radius 3 is 2.75 bits per heavy atom. The summed E-state index contributed by atoms with van der Waals surface area (Å²) in [7, 11) is 1.58. The van der Waals surface area contributed by atoms with Crippen molar-refractivity contribution in [3.63, 3.8) is 0 Å². The Hall–Kier alpha value is -2.17. The normalized spacial score (nSPS) is 25.1. The van der Waals surface area contributed by atoms with Crippen LogP contribution in [0.15, 0.2) is 35.4 Å². The topological polar surface area (TPSA) is 61.8 Å². The van der Waals surface area contributed by atoms with Gasteiger partial charge in [-0.1, -0.05) is 30.3 Å². The van der Waals surface area contributed by atoms with Gasteiger partial charge in [-0.05, 0) is 12.0 Å². The summed E-state index contributed by atoms with van der Waals surface area (Å²) >= 11 is 0. The summed E-state index contributed by atoms with van der Waals surface area (Å²) in [4.78, 5) is 23.4. The van der Waals surface area contributed by atoms with Crippen molar-refractivity contribution < 1.29 is 9.59 Å². The Balaban J connectivity index is 1.59. The molecule has 5 nitrogen and oxygen atoms in total. The molecule has 1 fully saturated rings. The van der Waals surface area contributed by atoms with Gasteiger partial charge in [-0.25, -0.2) is 5.01 Å². The third-order valence-corrected chi connectivity index (χ3v) is 3.80. The average molecular weight is 271 g/mol. The van der Waals surface area contributed by atoms with Crippen LogP contribution in [-0.4, -0.2) is 35.6 Å². The van der Waals surface area contributed by atoms with Gasteiger partial charge in [0.15, 0.2) is 0 Å². The number of hydrazone groups is 1. The molecule has 5 heteroatoms. The van der Waals surface area contributed by atoms with Crippen LogP contribution in [0, 0.1) is 0 Å². The fraction of sp³-hybridized carbons (Fsp3) is 0.400. The largest absolute Gasteiger partial charge is 0.348 e. The number of rotatable bonds is 3. The highest BCUT2D eigenvalue weighted by Crippen LogP contribution is 2.40. The molecule has 104 valence electrons. The molecule has 3 rings (SSSR count). The molecular formula is C15H17N3O2. The SMILES string of the molecule is CN1N=C(C(=O)N[C@H]2C[C@H]2c2ccccc2)CCC1=O. The number of hydrogen-bond donors (Lipinski definition) is 1. The fourth-order valence-corrected chi connectivity index (χ4v) is 2.51. The van der Waals surface area contributed by atoms with E-state index in [2.05, 4.69) is 22.6 Å². The van der Waals surface area contributed by atoms with Gasteiger partial charge >= 0.3 is 0 Å². The van der Waals surface area contributed by atoms with Crippen LogP contribution in [0.2, 0.25) is 0 Å². The highest BCUT2D eigenvalue weighted by molar-refractivity contribution is 6.39. The first-order valence-corrected chi connectivity index (χ1v) is 6.85. The number of carbonyl (C=O) groups is 2. The maximum absolute atomic E-state index is 12.1. The van der Waals surface area contributed by atoms with Crippen LogP contribution >= 0.6 is 0 Å². The fourth-order valence-electron chi connectivity index (χ4n) is 2.51. The van der Waals surface area contributed by atoms with E-state index in [1.165, 1.54) is 10.6 Å². The van der Waals surface area contributed by atoms with E-state index in [0.717, 1.165) is 6.42 Å². The molecule has 1 aliphatic heterocycles. The lowest BCUT2D eigenvalue weighted by atomic mass is 10.1. The Kier molecular flexibility index (Phi) is 3.26. The monoisotopic (exact) mass is 271 g/mol. The molecule has 0 aromatic heterocycles. The zero-order valence-electron chi connectivity index (χ0n) is 11.4. The van der Waals surface area contributed by atoms with Crippen molar-refractivity contribution in [1.29, 1.82) is 0 Å². The molecule has 0 spiro atoms. The molecule has 1 aromatic carbocycles. The van der Waals surface area contributed by atoms with Crippen molar-refractivity contribution in [2.45, 2.75) is 31.2 Å². The third-order valence-electron chi connectivity index (χ3n) is 3.80. The van der Waals surface area contributed by atoms with Crippen LogP contribution < -0.4 is 5.32 Å². The quantitative estimate of drug-likeness (QED) is 0.899. The van der Waals surface area contributed by atoms with E-state index < -0.39 is 0 Å². The van der Waals surface area contributed by atoms with Crippen molar-refractivity contribution in [2.24, 2.45) is 5.10 Å². The summed E-state index contributed by atoms with van der Waals surface area (Å²) in [6.07, 6.45) is 1.76. The Morgan fingerprint density at radius 2 is 2.05 bits per heavy atom. The Labute approximate surface area is 117 Å². The number of nitrogens with one attached hydrogen (secondary N) is 1. The molecule has 0 radical (unpaired) electrons. The molecule has 2 amide bonds. The van der Waals surface area contributed by atoms with Crippen molar-refractivity contribution in [3.05, 3.63) is 35.9 Å². The van der Waals surface area contributed by atoms with E-state index in [9.17, 15) is 9.59 Å². The molecule has 0 bridgehead atoms. The summed E-state index contributed by atoms with van der Waals surface area (Å²) in [5.74, 6) is 0.214. The number of nitrogens with zero attached hydrogens (tertiary/aromatic N) is 2. The molecule has 2 aliphatic rings. The van der Waals surface area contributed by atoms with Crippen molar-refractivity contribution >= 4 is 17.5 Å². The summed E-state index contributed by atoms with van der Waals surface area (Å²) in [6, 6.07) is 10.4. The standard InChI is InChI=1S/C15H17N3O2/c1-18-14(19)8-7-12(17-18)15(20)16-13-9-11(13)10-5-3-2-4-6-10/h2-6,11,13H,7-9H2,1H3,(H,16,20)/t11-,13-/m0/s1. The minimum absolute atomic E-state index is 0.0462. The van der Waals surface area contributed by atoms with Gasteiger partial charge in [0.05, 0.1) is 0 Å². The molecule has 1 aliphatic carbocycles. The lowest BCUT2D eigenvalue weighted by Gasteiger charge is -2.18. The molecule has 0 unspecified atom stereocenters. The summed E-state index contributed by atoms with van der Waals surface area (Å²) in [5, 5.41) is 8.28. The number of benzene rings is 1. The molecule has 1 saturated carbocycles. The van der Waals surface area contributed by atoms with E-state index in [1.807, 2.05) is 18.2 Å². The molecule has 0 saturated heterocycles. The van der Waals surface area contributed by atoms with Crippen LogP contribution in [-0.2, 0) is 9.59 Å². The predicted octanol–water partition coefficient (Wildman–Crippen LogP) is 1.27. The predicted molar refractivity (Wildman–Crippen MR) is 75.2 cm³/mol. The number of carbonyl (C=O) groups excluding carboxylic acids is 2. The minimum atomic E-state index is -0.146. The lowest BCUT2D eigenvalue weighted by molar-refractivity contribution is -0.130. The van der Waals surface area contributed by atoms with Gasteiger partial charge in [-0.15, -0.1) is 0 Å². The number of amides is 2. The van der Waals surface area contributed by atoms with Crippen LogP contribution in [0.1, 0.15) is 30.7 Å². The van der Waals surface area contributed by atoms with Gasteiger partial charge in [-0.3, -0.25) is 9.59 Å². The minimum Gasteiger partial charge on any atom is -0.348 e. The molecular weight excluding hydrogens is 254 g/mol. The van der Waals surface area contributed by atoms with Gasteiger partial charge in [0.1, 0.15) is 5.71 Å². The van der Waals surface area contributed by atoms with Crippen LogP contribution in [0.5, 0.6) is 0 Å². The highest BCUT2D eigenvalue weighted by atomic mass is 16.2. The summed E-state index contributed by atoms with van der Waals surface area (Å²) in [5.41, 5.74) is 1.71. The smallest absolute Gasteiger partial charge is 0.267 e. The average Bonchev–Trinajstić information content (AvgIpc) is 3.22. The van der Waals surface area contributed by atoms with E-state index in [1.54, 1.807) is 7.05 Å². The maximum atomic E-state index is 12.1. The first-order valence-electron chi connectivity index (χ1n) is 6.85. The lowest BCUT2D eigenvalue weighted by Crippen LogP contribution is -2.38. The van der Waals surface area contributed by atoms with Gasteiger partial charge in [0.25, 0.3) is 5.91 Å². The van der Waals surface area contributed by atoms with E-state index in [4.69, 9.17) is 0 Å². The second-order valence-electron chi connectivity index (χ2n) is 5.30. The van der Waals surface area contributed by atoms with E-state index in [-0.39, 0.29) is 17.9 Å². The second kappa shape index (κ2) is 5.07. The van der Waals surface area contributed by atoms with Gasteiger partial charge in [0.2, 0.25) is 5.91 Å². The van der Waals surface area contributed by atoms with Crippen molar-refractivity contribution in [2.75, 3.05) is 7.05 Å². The van der Waals surface area contributed by atoms with Crippen LogP contribution in [0.4, 0.5) is 0 Å². The van der Waals surface area contributed by atoms with Crippen LogP contribution in [0.25, 0.3) is 0 Å². The summed E-state index contributed by atoms with van der Waals surface area (Å²) in [6.45, 7) is 0. The molecule has 20 heavy (non-hydrogen) atoms. The van der Waals surface area contributed by atoms with Crippen LogP contribution in [0.3, 0.4) is 0 Å². The van der Waals surface area contributed by atoms with Gasteiger partial charge in [0, 0.05) is 31.8 Å². The van der Waals surface area contributed by atoms with Crippen molar-refractivity contribution in [1.82, 2.24) is 10.3 Å². The zero-order valence-corrected chi connectivity index (χ0v) is 11.4. The van der Waals surface area contributed by atoms with Gasteiger partial charge < -0.3 is 5.32 Å². The Bertz CT molecular complexity index is 568.